The van der Waals surface area contributed by atoms with Gasteiger partial charge in [-0.15, -0.1) is 0 Å². The van der Waals surface area contributed by atoms with Crippen molar-refractivity contribution in [2.24, 2.45) is 5.84 Å². The number of carboxylic acid groups (broad SMARTS) is 1. The first-order valence-electron chi connectivity index (χ1n) is 3.30. The van der Waals surface area contributed by atoms with Crippen LogP contribution < -0.4 is 11.3 Å². The van der Waals surface area contributed by atoms with Crippen LogP contribution in [0, 0.1) is 0 Å². The molecule has 0 aliphatic rings. The molecule has 4 N–H and O–H groups in total. The number of aromatic nitrogens is 2. The molecule has 0 bridgehead atoms. The third-order valence-electron chi connectivity index (χ3n) is 1.31. The highest BCUT2D eigenvalue weighted by molar-refractivity contribution is 7.98. The lowest BCUT2D eigenvalue weighted by atomic mass is 10.3. The highest BCUT2D eigenvalue weighted by Gasteiger charge is 2.12. The molecule has 0 saturated carbocycles. The number of aromatic carboxylic acids is 1. The number of nitrogen functional groups attached to an aromatic ring is 1. The molecular formula is C6H8N4O2S. The van der Waals surface area contributed by atoms with Gasteiger partial charge in [0.25, 0.3) is 0 Å². The molecule has 0 aliphatic carbocycles. The standard InChI is InChI=1S/C6H8N4O2S/c1-13-6-8-2-3(10-7)4(9-6)5(11)12/h2,10H,7H2,1H3,(H,11,12). The summed E-state index contributed by atoms with van der Waals surface area (Å²) in [6.07, 6.45) is 3.10. The molecule has 0 radical (unpaired) electrons. The van der Waals surface area contributed by atoms with Crippen LogP contribution in [0.4, 0.5) is 5.69 Å². The van der Waals surface area contributed by atoms with E-state index in [4.69, 9.17) is 10.9 Å². The van der Waals surface area contributed by atoms with Crippen molar-refractivity contribution in [2.75, 3.05) is 11.7 Å². The molecule has 0 aliphatic heterocycles. The number of rotatable bonds is 3. The number of carboxylic acids is 1. The predicted octanol–water partition coefficient (Wildman–Crippen LogP) is 0.182. The molecule has 1 heterocycles. The van der Waals surface area contributed by atoms with Crippen LogP contribution in [-0.4, -0.2) is 27.3 Å². The molecule has 0 saturated heterocycles. The van der Waals surface area contributed by atoms with E-state index < -0.39 is 5.97 Å². The third kappa shape index (κ3) is 2.07. The second-order valence-electron chi connectivity index (χ2n) is 2.07. The molecule has 70 valence electrons. The predicted molar refractivity (Wildman–Crippen MR) is 48.6 cm³/mol. The molecule has 0 spiro atoms. The maximum Gasteiger partial charge on any atom is 0.356 e. The summed E-state index contributed by atoms with van der Waals surface area (Å²) in [5.41, 5.74) is 2.29. The Hall–Kier alpha value is -1.34. The van der Waals surface area contributed by atoms with Crippen LogP contribution >= 0.6 is 11.8 Å². The van der Waals surface area contributed by atoms with E-state index in [2.05, 4.69) is 15.4 Å². The molecule has 0 unspecified atom stereocenters. The number of thioether (sulfide) groups is 1. The average molecular weight is 200 g/mol. The smallest absolute Gasteiger partial charge is 0.356 e. The third-order valence-corrected chi connectivity index (χ3v) is 1.87. The molecule has 1 aromatic rings. The molecule has 7 heteroatoms. The van der Waals surface area contributed by atoms with E-state index in [1.54, 1.807) is 6.26 Å². The summed E-state index contributed by atoms with van der Waals surface area (Å²) < 4.78 is 0. The van der Waals surface area contributed by atoms with Gasteiger partial charge in [0.05, 0.1) is 6.20 Å². The van der Waals surface area contributed by atoms with E-state index >= 15 is 0 Å². The van der Waals surface area contributed by atoms with E-state index in [-0.39, 0.29) is 11.4 Å². The second kappa shape index (κ2) is 4.06. The zero-order valence-electron chi connectivity index (χ0n) is 6.81. The normalized spacial score (nSPS) is 9.69. The van der Waals surface area contributed by atoms with Gasteiger partial charge in [0.1, 0.15) is 5.69 Å². The number of hydrogen-bond acceptors (Lipinski definition) is 6. The molecule has 0 atom stereocenters. The number of hydrogen-bond donors (Lipinski definition) is 3. The first kappa shape index (κ1) is 9.75. The Morgan fingerprint density at radius 1 is 1.77 bits per heavy atom. The molecule has 0 amide bonds. The quantitative estimate of drug-likeness (QED) is 0.277. The number of carbonyl (C=O) groups is 1. The maximum atomic E-state index is 10.7. The Labute approximate surface area is 78.5 Å². The zero-order chi connectivity index (χ0) is 9.84. The Bertz CT molecular complexity index is 330. The van der Waals surface area contributed by atoms with Crippen molar-refractivity contribution < 1.29 is 9.90 Å². The van der Waals surface area contributed by atoms with Gasteiger partial charge in [0, 0.05) is 0 Å². The lowest BCUT2D eigenvalue weighted by molar-refractivity contribution is 0.0690. The lowest BCUT2D eigenvalue weighted by Gasteiger charge is -2.03. The Balaban J connectivity index is 3.18. The van der Waals surface area contributed by atoms with Crippen LogP contribution in [0.25, 0.3) is 0 Å². The fourth-order valence-electron chi connectivity index (χ4n) is 0.733. The number of hydrazine groups is 1. The van der Waals surface area contributed by atoms with Gasteiger partial charge in [-0.05, 0) is 6.26 Å². The number of anilines is 1. The number of nitrogens with one attached hydrogen (secondary N) is 1. The van der Waals surface area contributed by atoms with Crippen molar-refractivity contribution in [1.29, 1.82) is 0 Å². The minimum absolute atomic E-state index is 0.123. The van der Waals surface area contributed by atoms with E-state index in [1.807, 2.05) is 0 Å². The lowest BCUT2D eigenvalue weighted by Crippen LogP contribution is -2.14. The summed E-state index contributed by atoms with van der Waals surface area (Å²) >= 11 is 1.27. The molecular weight excluding hydrogens is 192 g/mol. The van der Waals surface area contributed by atoms with Crippen molar-refractivity contribution in [2.45, 2.75) is 5.16 Å². The van der Waals surface area contributed by atoms with Crippen molar-refractivity contribution in [1.82, 2.24) is 9.97 Å². The largest absolute Gasteiger partial charge is 0.476 e. The Morgan fingerprint density at radius 3 is 2.92 bits per heavy atom. The molecule has 6 nitrogen and oxygen atoms in total. The SMILES string of the molecule is CSc1ncc(NN)c(C(=O)O)n1. The molecule has 0 fully saturated rings. The van der Waals surface area contributed by atoms with Crippen molar-refractivity contribution in [3.8, 4) is 0 Å². The van der Waals surface area contributed by atoms with Gasteiger partial charge in [0.15, 0.2) is 10.9 Å². The topological polar surface area (TPSA) is 101 Å². The van der Waals surface area contributed by atoms with E-state index in [1.165, 1.54) is 18.0 Å². The van der Waals surface area contributed by atoms with Crippen LogP contribution in [0.5, 0.6) is 0 Å². The summed E-state index contributed by atoms with van der Waals surface area (Å²) in [7, 11) is 0. The maximum absolute atomic E-state index is 10.7. The van der Waals surface area contributed by atoms with Crippen LogP contribution in [0.15, 0.2) is 11.4 Å². The van der Waals surface area contributed by atoms with Gasteiger partial charge in [-0.25, -0.2) is 14.8 Å². The summed E-state index contributed by atoms with van der Waals surface area (Å²) in [6, 6.07) is 0. The average Bonchev–Trinajstić information content (AvgIpc) is 2.16. The van der Waals surface area contributed by atoms with Crippen LogP contribution in [0.3, 0.4) is 0 Å². The van der Waals surface area contributed by atoms with E-state index in [9.17, 15) is 4.79 Å². The van der Waals surface area contributed by atoms with Crippen molar-refractivity contribution >= 4 is 23.4 Å². The van der Waals surface area contributed by atoms with Crippen LogP contribution in [-0.2, 0) is 0 Å². The number of nitrogens with zero attached hydrogens (tertiary/aromatic N) is 2. The fraction of sp³-hybridized carbons (Fsp3) is 0.167. The van der Waals surface area contributed by atoms with Crippen molar-refractivity contribution in [3.05, 3.63) is 11.9 Å². The van der Waals surface area contributed by atoms with Crippen molar-refractivity contribution in [3.63, 3.8) is 0 Å². The zero-order valence-corrected chi connectivity index (χ0v) is 7.63. The van der Waals surface area contributed by atoms with Gasteiger partial charge in [-0.2, -0.15) is 0 Å². The molecule has 1 aromatic heterocycles. The van der Waals surface area contributed by atoms with Crippen LogP contribution in [0.2, 0.25) is 0 Å². The summed E-state index contributed by atoms with van der Waals surface area (Å²) in [5.74, 6) is 3.95. The monoisotopic (exact) mass is 200 g/mol. The van der Waals surface area contributed by atoms with Gasteiger partial charge in [-0.3, -0.25) is 5.84 Å². The fourth-order valence-corrected chi connectivity index (χ4v) is 1.07. The van der Waals surface area contributed by atoms with Crippen LogP contribution in [0.1, 0.15) is 10.5 Å². The van der Waals surface area contributed by atoms with E-state index in [0.29, 0.717) is 5.16 Å². The minimum atomic E-state index is -1.13. The summed E-state index contributed by atoms with van der Waals surface area (Å²) in [5, 5.41) is 9.12. The molecule has 13 heavy (non-hydrogen) atoms. The second-order valence-corrected chi connectivity index (χ2v) is 2.84. The molecule has 0 aromatic carbocycles. The summed E-state index contributed by atoms with van der Waals surface area (Å²) in [4.78, 5) is 18.3. The van der Waals surface area contributed by atoms with Gasteiger partial charge >= 0.3 is 5.97 Å². The van der Waals surface area contributed by atoms with Gasteiger partial charge in [0.2, 0.25) is 0 Å². The van der Waals surface area contributed by atoms with Gasteiger partial charge in [-0.1, -0.05) is 11.8 Å². The van der Waals surface area contributed by atoms with E-state index in [0.717, 1.165) is 0 Å². The Morgan fingerprint density at radius 2 is 2.46 bits per heavy atom. The highest BCUT2D eigenvalue weighted by Crippen LogP contribution is 2.14. The number of nitrogens with two attached hydrogens (primary N) is 1. The van der Waals surface area contributed by atoms with Gasteiger partial charge < -0.3 is 10.5 Å². The summed E-state index contributed by atoms with van der Waals surface area (Å²) in [6.45, 7) is 0. The highest BCUT2D eigenvalue weighted by atomic mass is 32.2. The molecule has 1 rings (SSSR count). The first-order chi connectivity index (χ1) is 6.19. The first-order valence-corrected chi connectivity index (χ1v) is 4.52. The minimum Gasteiger partial charge on any atom is -0.476 e. The Kier molecular flexibility index (Phi) is 3.04.